The van der Waals surface area contributed by atoms with Gasteiger partial charge < -0.3 is 10.6 Å². The Bertz CT molecular complexity index is 360. The zero-order valence-corrected chi connectivity index (χ0v) is 9.60. The third kappa shape index (κ3) is 1.64. The van der Waals surface area contributed by atoms with Gasteiger partial charge in [-0.25, -0.2) is 4.98 Å². The molecule has 2 unspecified atom stereocenters. The smallest absolute Gasteiger partial charge is 0.128 e. The van der Waals surface area contributed by atoms with Crippen LogP contribution in [-0.2, 0) is 0 Å². The van der Waals surface area contributed by atoms with Crippen LogP contribution in [-0.4, -0.2) is 17.6 Å². The van der Waals surface area contributed by atoms with Gasteiger partial charge in [-0.1, -0.05) is 12.8 Å². The molecule has 3 rings (SSSR count). The summed E-state index contributed by atoms with van der Waals surface area (Å²) in [5, 5.41) is 0. The zero-order chi connectivity index (χ0) is 11.0. The molecule has 1 aliphatic heterocycles. The lowest BCUT2D eigenvalue weighted by molar-refractivity contribution is 0.341. The molecular formula is C13H19N3. The van der Waals surface area contributed by atoms with Crippen LogP contribution in [0.4, 0.5) is 11.5 Å². The van der Waals surface area contributed by atoms with Crippen molar-refractivity contribution in [1.29, 1.82) is 0 Å². The Morgan fingerprint density at radius 2 is 2.06 bits per heavy atom. The predicted molar refractivity (Wildman–Crippen MR) is 66.4 cm³/mol. The molecule has 2 N–H and O–H groups in total. The fraction of sp³-hybridized carbons (Fsp3) is 0.615. The highest BCUT2D eigenvalue weighted by Crippen LogP contribution is 2.38. The van der Waals surface area contributed by atoms with Crippen molar-refractivity contribution in [3.63, 3.8) is 0 Å². The van der Waals surface area contributed by atoms with Gasteiger partial charge in [-0.2, -0.15) is 0 Å². The quantitative estimate of drug-likeness (QED) is 0.785. The molecule has 2 fully saturated rings. The van der Waals surface area contributed by atoms with E-state index in [2.05, 4.69) is 16.0 Å². The number of fused-ring (bicyclic) bond motifs is 1. The van der Waals surface area contributed by atoms with Crippen molar-refractivity contribution in [2.45, 2.75) is 38.1 Å². The number of anilines is 2. The predicted octanol–water partition coefficient (Wildman–Crippen LogP) is 2.43. The van der Waals surface area contributed by atoms with E-state index in [4.69, 9.17) is 5.73 Å². The summed E-state index contributed by atoms with van der Waals surface area (Å²) in [5.41, 5.74) is 6.43. The van der Waals surface area contributed by atoms with Crippen LogP contribution in [0.1, 0.15) is 32.1 Å². The van der Waals surface area contributed by atoms with Gasteiger partial charge in [0.25, 0.3) is 0 Å². The Labute approximate surface area is 96.7 Å². The van der Waals surface area contributed by atoms with Crippen LogP contribution in [0.5, 0.6) is 0 Å². The molecular weight excluding hydrogens is 198 g/mol. The molecule has 0 bridgehead atoms. The van der Waals surface area contributed by atoms with Crippen LogP contribution >= 0.6 is 0 Å². The summed E-state index contributed by atoms with van der Waals surface area (Å²) in [4.78, 5) is 6.94. The third-order valence-electron chi connectivity index (χ3n) is 4.08. The summed E-state index contributed by atoms with van der Waals surface area (Å²) in [6, 6.07) is 4.76. The van der Waals surface area contributed by atoms with Gasteiger partial charge in [0.15, 0.2) is 0 Å². The first-order chi connectivity index (χ1) is 7.84. The SMILES string of the molecule is Nc1ccc(N2CCC3CCCCC32)nc1. The number of aromatic nitrogens is 1. The Morgan fingerprint density at radius 1 is 1.19 bits per heavy atom. The normalized spacial score (nSPS) is 29.1. The molecule has 0 aromatic carbocycles. The van der Waals surface area contributed by atoms with Crippen molar-refractivity contribution < 1.29 is 0 Å². The molecule has 1 aromatic rings. The van der Waals surface area contributed by atoms with Crippen molar-refractivity contribution in [2.75, 3.05) is 17.2 Å². The van der Waals surface area contributed by atoms with Gasteiger partial charge >= 0.3 is 0 Å². The van der Waals surface area contributed by atoms with E-state index < -0.39 is 0 Å². The first-order valence-electron chi connectivity index (χ1n) is 6.33. The van der Waals surface area contributed by atoms with Gasteiger partial charge in [-0.3, -0.25) is 0 Å². The Balaban J connectivity index is 1.82. The summed E-state index contributed by atoms with van der Waals surface area (Å²) in [6.45, 7) is 1.17. The summed E-state index contributed by atoms with van der Waals surface area (Å²) >= 11 is 0. The van der Waals surface area contributed by atoms with E-state index in [0.29, 0.717) is 0 Å². The molecule has 3 nitrogen and oxygen atoms in total. The third-order valence-corrected chi connectivity index (χ3v) is 4.08. The van der Waals surface area contributed by atoms with E-state index >= 15 is 0 Å². The average Bonchev–Trinajstić information content (AvgIpc) is 2.74. The monoisotopic (exact) mass is 217 g/mol. The number of nitrogens with zero attached hydrogens (tertiary/aromatic N) is 2. The van der Waals surface area contributed by atoms with Crippen molar-refractivity contribution >= 4 is 11.5 Å². The number of pyridine rings is 1. The second-order valence-corrected chi connectivity index (χ2v) is 5.04. The molecule has 3 heteroatoms. The summed E-state index contributed by atoms with van der Waals surface area (Å²) in [6.07, 6.45) is 8.67. The minimum Gasteiger partial charge on any atom is -0.397 e. The van der Waals surface area contributed by atoms with Gasteiger partial charge in [0.2, 0.25) is 0 Å². The molecule has 86 valence electrons. The summed E-state index contributed by atoms with van der Waals surface area (Å²) in [5.74, 6) is 2.02. The Hall–Kier alpha value is -1.25. The zero-order valence-electron chi connectivity index (χ0n) is 9.60. The van der Waals surface area contributed by atoms with Crippen molar-refractivity contribution in [3.8, 4) is 0 Å². The average molecular weight is 217 g/mol. The summed E-state index contributed by atoms with van der Waals surface area (Å²) in [7, 11) is 0. The minimum atomic E-state index is 0.741. The number of nitrogens with two attached hydrogens (primary N) is 1. The van der Waals surface area contributed by atoms with E-state index in [0.717, 1.165) is 23.5 Å². The molecule has 0 spiro atoms. The van der Waals surface area contributed by atoms with Crippen LogP contribution in [0.3, 0.4) is 0 Å². The number of nitrogen functional groups attached to an aromatic ring is 1. The molecule has 0 radical (unpaired) electrons. The van der Waals surface area contributed by atoms with Gasteiger partial charge in [0.05, 0.1) is 11.9 Å². The highest BCUT2D eigenvalue weighted by molar-refractivity contribution is 5.47. The number of rotatable bonds is 1. The molecule has 1 aromatic heterocycles. The molecule has 16 heavy (non-hydrogen) atoms. The molecule has 2 atom stereocenters. The Kier molecular flexibility index (Phi) is 2.46. The topological polar surface area (TPSA) is 42.1 Å². The lowest BCUT2D eigenvalue weighted by Gasteiger charge is -2.32. The first-order valence-corrected chi connectivity index (χ1v) is 6.33. The fourth-order valence-electron chi connectivity index (χ4n) is 3.26. The van der Waals surface area contributed by atoms with Crippen molar-refractivity contribution in [3.05, 3.63) is 18.3 Å². The highest BCUT2D eigenvalue weighted by Gasteiger charge is 2.36. The second kappa shape index (κ2) is 3.96. The maximum absolute atomic E-state index is 5.68. The number of hydrogen-bond donors (Lipinski definition) is 1. The molecule has 1 saturated heterocycles. The highest BCUT2D eigenvalue weighted by atomic mass is 15.2. The second-order valence-electron chi connectivity index (χ2n) is 5.04. The molecule has 0 amide bonds. The van der Waals surface area contributed by atoms with Crippen LogP contribution in [0.2, 0.25) is 0 Å². The van der Waals surface area contributed by atoms with Crippen LogP contribution in [0.15, 0.2) is 18.3 Å². The number of hydrogen-bond acceptors (Lipinski definition) is 3. The first kappa shape index (κ1) is 9.94. The van der Waals surface area contributed by atoms with E-state index in [1.54, 1.807) is 6.20 Å². The fourth-order valence-corrected chi connectivity index (χ4v) is 3.26. The Morgan fingerprint density at radius 3 is 2.88 bits per heavy atom. The van der Waals surface area contributed by atoms with Gasteiger partial charge in [0, 0.05) is 12.6 Å². The molecule has 1 aliphatic carbocycles. The van der Waals surface area contributed by atoms with E-state index in [-0.39, 0.29) is 0 Å². The van der Waals surface area contributed by atoms with Gasteiger partial charge in [-0.05, 0) is 37.3 Å². The molecule has 2 aliphatic rings. The minimum absolute atomic E-state index is 0.741. The van der Waals surface area contributed by atoms with Gasteiger partial charge in [-0.15, -0.1) is 0 Å². The van der Waals surface area contributed by atoms with Crippen LogP contribution < -0.4 is 10.6 Å². The van der Waals surface area contributed by atoms with Crippen LogP contribution in [0.25, 0.3) is 0 Å². The maximum atomic E-state index is 5.68. The maximum Gasteiger partial charge on any atom is 0.128 e. The van der Waals surface area contributed by atoms with Gasteiger partial charge in [0.1, 0.15) is 5.82 Å². The molecule has 2 heterocycles. The van der Waals surface area contributed by atoms with Crippen molar-refractivity contribution in [2.24, 2.45) is 5.92 Å². The largest absolute Gasteiger partial charge is 0.397 e. The molecule has 1 saturated carbocycles. The lowest BCUT2D eigenvalue weighted by atomic mass is 9.85. The summed E-state index contributed by atoms with van der Waals surface area (Å²) < 4.78 is 0. The van der Waals surface area contributed by atoms with Crippen molar-refractivity contribution in [1.82, 2.24) is 4.98 Å². The lowest BCUT2D eigenvalue weighted by Crippen LogP contribution is -2.35. The van der Waals surface area contributed by atoms with E-state index in [9.17, 15) is 0 Å². The standard InChI is InChI=1S/C13H19N3/c14-11-5-6-13(15-9-11)16-8-7-10-3-1-2-4-12(10)16/h5-6,9-10,12H,1-4,7-8,14H2. The van der Waals surface area contributed by atoms with E-state index in [1.807, 2.05) is 6.07 Å². The van der Waals surface area contributed by atoms with E-state index in [1.165, 1.54) is 38.6 Å². The van der Waals surface area contributed by atoms with Crippen LogP contribution in [0, 0.1) is 5.92 Å².